The van der Waals surface area contributed by atoms with Gasteiger partial charge in [0.2, 0.25) is 0 Å². The summed E-state index contributed by atoms with van der Waals surface area (Å²) < 4.78 is 0.700. The lowest BCUT2D eigenvalue weighted by Gasteiger charge is -2.19. The van der Waals surface area contributed by atoms with E-state index < -0.39 is 0 Å². The third-order valence-electron chi connectivity index (χ3n) is 2.39. The predicted molar refractivity (Wildman–Crippen MR) is 80.2 cm³/mol. The van der Waals surface area contributed by atoms with Crippen molar-refractivity contribution in [3.63, 3.8) is 0 Å². The Bertz CT molecular complexity index is 540. The molecule has 0 spiro atoms. The normalized spacial score (nSPS) is 10.4. The van der Waals surface area contributed by atoms with E-state index in [1.807, 2.05) is 37.2 Å². The lowest BCUT2D eigenvalue weighted by atomic mass is 10.2. The van der Waals surface area contributed by atoms with Gasteiger partial charge in [0.05, 0.1) is 29.1 Å². The second kappa shape index (κ2) is 5.78. The van der Waals surface area contributed by atoms with E-state index in [9.17, 15) is 0 Å². The fourth-order valence-corrected chi connectivity index (χ4v) is 2.89. The second-order valence-electron chi connectivity index (χ2n) is 3.94. The molecule has 0 aliphatic rings. The quantitative estimate of drug-likeness (QED) is 0.920. The molecule has 1 N–H and O–H groups in total. The van der Waals surface area contributed by atoms with Gasteiger partial charge in [-0.3, -0.25) is 0 Å². The number of anilines is 2. The highest BCUT2D eigenvalue weighted by Gasteiger charge is 2.09. The molecule has 0 aliphatic carbocycles. The predicted octanol–water partition coefficient (Wildman–Crippen LogP) is 4.13. The first-order valence-corrected chi connectivity index (χ1v) is 6.95. The summed E-state index contributed by atoms with van der Waals surface area (Å²) in [5.74, 6) is 0. The zero-order valence-electron chi connectivity index (χ0n) is 10.1. The first-order chi connectivity index (χ1) is 8.58. The van der Waals surface area contributed by atoms with Crippen molar-refractivity contribution in [1.82, 2.24) is 4.98 Å². The van der Waals surface area contributed by atoms with Crippen molar-refractivity contribution in [2.24, 2.45) is 0 Å². The summed E-state index contributed by atoms with van der Waals surface area (Å²) in [6.45, 7) is 0.637. The lowest BCUT2D eigenvalue weighted by molar-refractivity contribution is 1.08. The minimum absolute atomic E-state index is 0.637. The Hall–Kier alpha value is -0.970. The summed E-state index contributed by atoms with van der Waals surface area (Å²) in [5.41, 5.74) is 1.96. The molecule has 96 valence electrons. The van der Waals surface area contributed by atoms with Gasteiger partial charge < -0.3 is 10.2 Å². The molecule has 18 heavy (non-hydrogen) atoms. The summed E-state index contributed by atoms with van der Waals surface area (Å²) in [6, 6.07) is 5.80. The van der Waals surface area contributed by atoms with E-state index in [0.29, 0.717) is 10.9 Å². The number of rotatable bonds is 4. The van der Waals surface area contributed by atoms with Crippen LogP contribution in [0.25, 0.3) is 0 Å². The molecule has 1 heterocycles. The van der Waals surface area contributed by atoms with Crippen LogP contribution in [-0.4, -0.2) is 19.1 Å². The smallest absolute Gasteiger partial charge is 0.113 e. The van der Waals surface area contributed by atoms with Crippen LogP contribution < -0.4 is 10.2 Å². The number of nitrogens with zero attached hydrogens (tertiary/aromatic N) is 2. The van der Waals surface area contributed by atoms with Crippen LogP contribution in [0.5, 0.6) is 0 Å². The molecular formula is C12H13Cl2N3S. The molecule has 0 amide bonds. The van der Waals surface area contributed by atoms with Gasteiger partial charge in [0, 0.05) is 14.1 Å². The maximum atomic E-state index is 6.19. The molecule has 0 saturated heterocycles. The van der Waals surface area contributed by atoms with Gasteiger partial charge in [0.1, 0.15) is 9.34 Å². The lowest BCUT2D eigenvalue weighted by Crippen LogP contribution is -2.12. The van der Waals surface area contributed by atoms with Gasteiger partial charge in [-0.1, -0.05) is 29.3 Å². The number of benzene rings is 1. The van der Waals surface area contributed by atoms with Crippen LogP contribution in [0.2, 0.25) is 9.36 Å². The SMILES string of the molecule is CN(C)c1c(Cl)cccc1NCc1ncc(Cl)s1. The van der Waals surface area contributed by atoms with Crippen molar-refractivity contribution in [1.29, 1.82) is 0 Å². The molecular weight excluding hydrogens is 289 g/mol. The van der Waals surface area contributed by atoms with Crippen LogP contribution in [0.15, 0.2) is 24.4 Å². The Morgan fingerprint density at radius 2 is 2.11 bits per heavy atom. The van der Waals surface area contributed by atoms with Gasteiger partial charge >= 0.3 is 0 Å². The number of thiazole rings is 1. The molecule has 0 saturated carbocycles. The molecule has 2 aromatic rings. The first kappa shape index (κ1) is 13.5. The highest BCUT2D eigenvalue weighted by molar-refractivity contribution is 7.15. The molecule has 2 rings (SSSR count). The zero-order valence-corrected chi connectivity index (χ0v) is 12.4. The highest BCUT2D eigenvalue weighted by atomic mass is 35.5. The summed E-state index contributed by atoms with van der Waals surface area (Å²) >= 11 is 13.5. The number of aromatic nitrogens is 1. The summed E-state index contributed by atoms with van der Waals surface area (Å²) in [4.78, 5) is 6.19. The van der Waals surface area contributed by atoms with E-state index in [0.717, 1.165) is 21.4 Å². The summed E-state index contributed by atoms with van der Waals surface area (Å²) in [5, 5.41) is 5.00. The van der Waals surface area contributed by atoms with Gasteiger partial charge in [-0.05, 0) is 12.1 Å². The molecule has 1 aromatic carbocycles. The molecule has 0 fully saturated rings. The van der Waals surface area contributed by atoms with Crippen LogP contribution >= 0.6 is 34.5 Å². The number of hydrogen-bond acceptors (Lipinski definition) is 4. The molecule has 1 aromatic heterocycles. The Morgan fingerprint density at radius 1 is 1.33 bits per heavy atom. The first-order valence-electron chi connectivity index (χ1n) is 5.38. The van der Waals surface area contributed by atoms with Crippen LogP contribution in [0.1, 0.15) is 5.01 Å². The zero-order chi connectivity index (χ0) is 13.1. The van der Waals surface area contributed by atoms with Crippen molar-refractivity contribution in [2.75, 3.05) is 24.3 Å². The summed E-state index contributed by atoms with van der Waals surface area (Å²) in [6.07, 6.45) is 1.66. The van der Waals surface area contributed by atoms with Crippen LogP contribution in [0, 0.1) is 0 Å². The highest BCUT2D eigenvalue weighted by Crippen LogP contribution is 2.33. The number of halogens is 2. The van der Waals surface area contributed by atoms with E-state index in [2.05, 4.69) is 10.3 Å². The molecule has 0 unspecified atom stereocenters. The number of para-hydroxylation sites is 1. The second-order valence-corrected chi connectivity index (χ2v) is 6.10. The van der Waals surface area contributed by atoms with E-state index in [4.69, 9.17) is 23.2 Å². The molecule has 0 aliphatic heterocycles. The third-order valence-corrected chi connectivity index (χ3v) is 3.81. The van der Waals surface area contributed by atoms with E-state index >= 15 is 0 Å². The average molecular weight is 302 g/mol. The van der Waals surface area contributed by atoms with Gasteiger partial charge in [0.15, 0.2) is 0 Å². The van der Waals surface area contributed by atoms with E-state index in [1.165, 1.54) is 11.3 Å². The van der Waals surface area contributed by atoms with Gasteiger partial charge in [-0.2, -0.15) is 0 Å². The van der Waals surface area contributed by atoms with Crippen LogP contribution in [0.3, 0.4) is 0 Å². The Kier molecular flexibility index (Phi) is 4.32. The topological polar surface area (TPSA) is 28.2 Å². The van der Waals surface area contributed by atoms with Crippen molar-refractivity contribution < 1.29 is 0 Å². The minimum Gasteiger partial charge on any atom is -0.377 e. The largest absolute Gasteiger partial charge is 0.377 e. The van der Waals surface area contributed by atoms with E-state index in [1.54, 1.807) is 6.20 Å². The Labute approximate surface area is 120 Å². The fourth-order valence-electron chi connectivity index (χ4n) is 1.65. The fraction of sp³-hybridized carbons (Fsp3) is 0.250. The number of nitrogens with one attached hydrogen (secondary N) is 1. The Balaban J connectivity index is 2.16. The molecule has 0 radical (unpaired) electrons. The van der Waals surface area contributed by atoms with Crippen LogP contribution in [0.4, 0.5) is 11.4 Å². The van der Waals surface area contributed by atoms with Crippen LogP contribution in [-0.2, 0) is 6.54 Å². The number of hydrogen-bond donors (Lipinski definition) is 1. The maximum absolute atomic E-state index is 6.19. The van der Waals surface area contributed by atoms with Crippen molar-refractivity contribution in [3.8, 4) is 0 Å². The monoisotopic (exact) mass is 301 g/mol. The van der Waals surface area contributed by atoms with Crippen molar-refractivity contribution in [2.45, 2.75) is 6.54 Å². The van der Waals surface area contributed by atoms with Crippen molar-refractivity contribution >= 4 is 45.9 Å². The van der Waals surface area contributed by atoms with E-state index in [-0.39, 0.29) is 0 Å². The van der Waals surface area contributed by atoms with Crippen molar-refractivity contribution in [3.05, 3.63) is 38.8 Å². The average Bonchev–Trinajstić information content (AvgIpc) is 2.72. The maximum Gasteiger partial charge on any atom is 0.113 e. The standard InChI is InChI=1S/C12H13Cl2N3S/c1-17(2)12-8(13)4-3-5-9(12)15-7-11-16-6-10(14)18-11/h3-6,15H,7H2,1-2H3. The molecule has 0 atom stereocenters. The summed E-state index contributed by atoms with van der Waals surface area (Å²) in [7, 11) is 3.93. The minimum atomic E-state index is 0.637. The molecule has 3 nitrogen and oxygen atoms in total. The molecule has 0 bridgehead atoms. The van der Waals surface area contributed by atoms with Gasteiger partial charge in [-0.25, -0.2) is 4.98 Å². The Morgan fingerprint density at radius 3 is 2.72 bits per heavy atom. The van der Waals surface area contributed by atoms with Gasteiger partial charge in [0.25, 0.3) is 0 Å². The third kappa shape index (κ3) is 3.07. The van der Waals surface area contributed by atoms with Gasteiger partial charge in [-0.15, -0.1) is 11.3 Å². The molecule has 6 heteroatoms.